The van der Waals surface area contributed by atoms with Crippen LogP contribution in [-0.2, 0) is 4.79 Å². The van der Waals surface area contributed by atoms with Gasteiger partial charge in [-0.15, -0.1) is 0 Å². The number of benzene rings is 1. The van der Waals surface area contributed by atoms with E-state index in [4.69, 9.17) is 4.74 Å². The smallest absolute Gasteiger partial charge is 0.239 e. The Morgan fingerprint density at radius 2 is 1.76 bits per heavy atom. The first-order valence-corrected chi connectivity index (χ1v) is 14.0. The number of carbonyl (C=O) groups is 1. The number of aliphatic imine (C=N–C) groups is 2. The Balaban J connectivity index is 1.25. The van der Waals surface area contributed by atoms with Crippen molar-refractivity contribution in [3.63, 3.8) is 0 Å². The number of piperazine rings is 2. The molecule has 0 radical (unpaired) electrons. The Morgan fingerprint density at radius 1 is 1.02 bits per heavy atom. The maximum Gasteiger partial charge on any atom is 0.239 e. The molecule has 3 aliphatic rings. The number of likely N-dealkylation sites (N-methyl/N-ethyl adjacent to an activating group) is 2. The predicted molar refractivity (Wildman–Crippen MR) is 158 cm³/mol. The van der Waals surface area contributed by atoms with E-state index in [-0.39, 0.29) is 11.7 Å². The highest BCUT2D eigenvalue weighted by molar-refractivity contribution is 6.12. The Morgan fingerprint density at radius 3 is 2.46 bits per heavy atom. The van der Waals surface area contributed by atoms with Crippen molar-refractivity contribution in [3.05, 3.63) is 48.0 Å². The van der Waals surface area contributed by atoms with Gasteiger partial charge in [0.05, 0.1) is 11.9 Å². The molecule has 11 nitrogen and oxygen atoms in total. The molecule has 2 atom stereocenters. The zero-order valence-corrected chi connectivity index (χ0v) is 23.7. The molecule has 12 heteroatoms. The maximum absolute atomic E-state index is 15.5. The quantitative estimate of drug-likeness (QED) is 0.493. The molecule has 3 aromatic rings. The number of aromatic nitrogens is 2. The van der Waals surface area contributed by atoms with Crippen LogP contribution in [-0.4, -0.2) is 115 Å². The minimum absolute atomic E-state index is 0.0331. The topological polar surface area (TPSA) is 105 Å². The van der Waals surface area contributed by atoms with Gasteiger partial charge in [0.25, 0.3) is 0 Å². The van der Waals surface area contributed by atoms with Crippen LogP contribution >= 0.6 is 0 Å². The molecule has 0 aliphatic carbocycles. The van der Waals surface area contributed by atoms with Gasteiger partial charge in [-0.05, 0) is 51.4 Å². The van der Waals surface area contributed by atoms with E-state index in [9.17, 15) is 4.79 Å². The SMILES string of the molecule is Cc1cc2c(F)c(OC3N=CN=C(Nc4ccc(N5CCN(C)CC5)cn4)C3C(=O)N3CCN(C)CC3)ccc2[nH]1. The minimum Gasteiger partial charge on any atom is -0.464 e. The molecular formula is C29H36FN9O2. The summed E-state index contributed by atoms with van der Waals surface area (Å²) in [6.07, 6.45) is 2.19. The number of hydrogen-bond donors (Lipinski definition) is 2. The number of pyridine rings is 1. The molecular weight excluding hydrogens is 525 g/mol. The number of nitrogens with zero attached hydrogens (tertiary/aromatic N) is 7. The lowest BCUT2D eigenvalue weighted by Gasteiger charge is -2.36. The van der Waals surface area contributed by atoms with Gasteiger partial charge in [0, 0.05) is 69.0 Å². The Hall–Kier alpha value is -4.03. The lowest BCUT2D eigenvalue weighted by molar-refractivity contribution is -0.137. The fraction of sp³-hybridized carbons (Fsp3) is 0.448. The molecule has 2 saturated heterocycles. The number of halogens is 1. The number of amides is 1. The highest BCUT2D eigenvalue weighted by Crippen LogP contribution is 2.30. The Labute approximate surface area is 238 Å². The van der Waals surface area contributed by atoms with Crippen LogP contribution in [0.2, 0.25) is 0 Å². The van der Waals surface area contributed by atoms with Gasteiger partial charge < -0.3 is 34.6 Å². The Kier molecular flexibility index (Phi) is 7.59. The van der Waals surface area contributed by atoms with Gasteiger partial charge in [0.15, 0.2) is 17.5 Å². The zero-order valence-electron chi connectivity index (χ0n) is 23.7. The Bertz CT molecular complexity index is 1450. The van der Waals surface area contributed by atoms with E-state index in [1.54, 1.807) is 23.1 Å². The van der Waals surface area contributed by atoms with Gasteiger partial charge in [-0.3, -0.25) is 4.79 Å². The molecule has 1 aromatic carbocycles. The van der Waals surface area contributed by atoms with Gasteiger partial charge >= 0.3 is 0 Å². The molecule has 41 heavy (non-hydrogen) atoms. The maximum atomic E-state index is 15.5. The monoisotopic (exact) mass is 561 g/mol. The number of aryl methyl sites for hydroxylation is 1. The van der Waals surface area contributed by atoms with E-state index in [0.717, 1.165) is 50.6 Å². The van der Waals surface area contributed by atoms with Crippen LogP contribution in [0.4, 0.5) is 15.9 Å². The molecule has 6 rings (SSSR count). The third-order valence-electron chi connectivity index (χ3n) is 8.03. The summed E-state index contributed by atoms with van der Waals surface area (Å²) in [5.74, 6) is -0.600. The van der Waals surface area contributed by atoms with Crippen LogP contribution in [0, 0.1) is 18.7 Å². The summed E-state index contributed by atoms with van der Waals surface area (Å²) < 4.78 is 21.6. The summed E-state index contributed by atoms with van der Waals surface area (Å²) in [5, 5.41) is 3.67. The zero-order chi connectivity index (χ0) is 28.5. The third kappa shape index (κ3) is 5.75. The fourth-order valence-electron chi connectivity index (χ4n) is 5.49. The summed E-state index contributed by atoms with van der Waals surface area (Å²) in [4.78, 5) is 39.1. The van der Waals surface area contributed by atoms with Crippen molar-refractivity contribution >= 4 is 40.5 Å². The summed E-state index contributed by atoms with van der Waals surface area (Å²) in [7, 11) is 4.16. The number of anilines is 2. The third-order valence-corrected chi connectivity index (χ3v) is 8.03. The second-order valence-electron chi connectivity index (χ2n) is 11.0. The van der Waals surface area contributed by atoms with Crippen LogP contribution in [0.5, 0.6) is 5.75 Å². The molecule has 2 fully saturated rings. The second-order valence-corrected chi connectivity index (χ2v) is 11.0. The number of carbonyl (C=O) groups excluding carboxylic acids is 1. The van der Waals surface area contributed by atoms with E-state index in [1.807, 2.05) is 32.3 Å². The largest absolute Gasteiger partial charge is 0.464 e. The van der Waals surface area contributed by atoms with Crippen molar-refractivity contribution < 1.29 is 13.9 Å². The summed E-state index contributed by atoms with van der Waals surface area (Å²) in [6.45, 7) is 8.46. The van der Waals surface area contributed by atoms with Crippen molar-refractivity contribution in [2.45, 2.75) is 13.2 Å². The van der Waals surface area contributed by atoms with Crippen molar-refractivity contribution in [1.29, 1.82) is 0 Å². The van der Waals surface area contributed by atoms with Crippen molar-refractivity contribution in [3.8, 4) is 5.75 Å². The lowest BCUT2D eigenvalue weighted by atomic mass is 10.0. The van der Waals surface area contributed by atoms with Crippen LogP contribution in [0.25, 0.3) is 10.9 Å². The number of aromatic amines is 1. The number of hydrogen-bond acceptors (Lipinski definition) is 9. The van der Waals surface area contributed by atoms with E-state index in [0.29, 0.717) is 35.6 Å². The van der Waals surface area contributed by atoms with Gasteiger partial charge in [-0.1, -0.05) is 0 Å². The second kappa shape index (κ2) is 11.5. The van der Waals surface area contributed by atoms with Crippen LogP contribution in [0.1, 0.15) is 5.69 Å². The molecule has 2 aromatic heterocycles. The highest BCUT2D eigenvalue weighted by atomic mass is 19.1. The molecule has 3 aliphatic heterocycles. The highest BCUT2D eigenvalue weighted by Gasteiger charge is 2.40. The molecule has 2 unspecified atom stereocenters. The van der Waals surface area contributed by atoms with Crippen molar-refractivity contribution in [1.82, 2.24) is 24.7 Å². The molecule has 0 spiro atoms. The fourth-order valence-corrected chi connectivity index (χ4v) is 5.49. The minimum atomic E-state index is -1.00. The first kappa shape index (κ1) is 27.2. The van der Waals surface area contributed by atoms with Crippen molar-refractivity contribution in [2.75, 3.05) is 76.7 Å². The summed E-state index contributed by atoms with van der Waals surface area (Å²) in [6, 6.07) is 8.98. The average Bonchev–Trinajstić information content (AvgIpc) is 3.37. The van der Waals surface area contributed by atoms with Gasteiger partial charge in [0.2, 0.25) is 12.1 Å². The number of H-pyrrole nitrogens is 1. The summed E-state index contributed by atoms with van der Waals surface area (Å²) in [5.41, 5.74) is 2.58. The number of rotatable bonds is 5. The molecule has 0 saturated carbocycles. The molecule has 2 N–H and O–H groups in total. The number of fused-ring (bicyclic) bond motifs is 1. The van der Waals surface area contributed by atoms with Crippen LogP contribution < -0.4 is 15.0 Å². The van der Waals surface area contributed by atoms with Crippen LogP contribution in [0.15, 0.2) is 46.5 Å². The van der Waals surface area contributed by atoms with Gasteiger partial charge in [-0.2, -0.15) is 0 Å². The number of ether oxygens (including phenoxy) is 1. The first-order valence-electron chi connectivity index (χ1n) is 14.0. The molecule has 216 valence electrons. The number of amidine groups is 1. The molecule has 5 heterocycles. The average molecular weight is 562 g/mol. The normalized spacial score (nSPS) is 22.2. The lowest BCUT2D eigenvalue weighted by Crippen LogP contribution is -2.54. The predicted octanol–water partition coefficient (Wildman–Crippen LogP) is 2.41. The van der Waals surface area contributed by atoms with E-state index >= 15 is 4.39 Å². The van der Waals surface area contributed by atoms with E-state index in [2.05, 4.69) is 47.0 Å². The van der Waals surface area contributed by atoms with E-state index < -0.39 is 18.0 Å². The van der Waals surface area contributed by atoms with Crippen LogP contribution in [0.3, 0.4) is 0 Å². The van der Waals surface area contributed by atoms with Gasteiger partial charge in [0.1, 0.15) is 18.0 Å². The summed E-state index contributed by atoms with van der Waals surface area (Å²) >= 11 is 0. The molecule has 0 bridgehead atoms. The number of nitrogens with one attached hydrogen (secondary N) is 2. The van der Waals surface area contributed by atoms with E-state index in [1.165, 1.54) is 6.34 Å². The standard InChI is InChI=1S/C29H36FN9O2/c1-19-16-21-22(34-19)5-6-23(26(21)30)41-28-25(29(40)39-14-10-37(3)11-15-39)27(32-18-33-28)35-24-7-4-20(17-31-24)38-12-8-36(2)9-13-38/h4-7,16-18,25,28,34H,8-15H2,1-3H3,(H,31,32,33,35). The molecule has 1 amide bonds. The van der Waals surface area contributed by atoms with Gasteiger partial charge in [-0.25, -0.2) is 19.4 Å². The van der Waals surface area contributed by atoms with Crippen molar-refractivity contribution in [2.24, 2.45) is 15.9 Å². The first-order chi connectivity index (χ1) is 19.9.